The zero-order valence-corrected chi connectivity index (χ0v) is 15.9. The Bertz CT molecular complexity index is 1140. The van der Waals surface area contributed by atoms with E-state index in [1.54, 1.807) is 0 Å². The van der Waals surface area contributed by atoms with E-state index in [0.29, 0.717) is 18.3 Å². The number of hydrogen-bond acceptors (Lipinski definition) is 6. The van der Waals surface area contributed by atoms with Crippen LogP contribution in [0.5, 0.6) is 11.5 Å². The maximum atomic E-state index is 12.5. The SMILES string of the molecule is Nc1ncnc2c1c(-c1ccc3c(c1)OCO3)cn2[C@H]1CCN(C(=O)C2CC2)C1. The summed E-state index contributed by atoms with van der Waals surface area (Å²) in [4.78, 5) is 23.2. The van der Waals surface area contributed by atoms with Gasteiger partial charge in [-0.15, -0.1) is 0 Å². The largest absolute Gasteiger partial charge is 0.454 e. The molecule has 1 aliphatic carbocycles. The summed E-state index contributed by atoms with van der Waals surface area (Å²) in [5, 5.41) is 0.832. The van der Waals surface area contributed by atoms with Gasteiger partial charge in [-0.3, -0.25) is 4.79 Å². The number of hydrogen-bond donors (Lipinski definition) is 1. The lowest BCUT2D eigenvalue weighted by atomic mass is 10.1. The Morgan fingerprint density at radius 2 is 2.00 bits per heavy atom. The van der Waals surface area contributed by atoms with Crippen LogP contribution in [0, 0.1) is 5.92 Å². The molecule has 148 valence electrons. The number of anilines is 1. The molecule has 2 fully saturated rings. The van der Waals surface area contributed by atoms with Crippen molar-refractivity contribution >= 4 is 22.8 Å². The maximum Gasteiger partial charge on any atom is 0.231 e. The summed E-state index contributed by atoms with van der Waals surface area (Å²) in [5.74, 6) is 2.46. The Balaban J connectivity index is 1.42. The van der Waals surface area contributed by atoms with Gasteiger partial charge in [-0.1, -0.05) is 6.07 Å². The highest BCUT2D eigenvalue weighted by Gasteiger charge is 2.37. The summed E-state index contributed by atoms with van der Waals surface area (Å²) in [5.41, 5.74) is 9.00. The zero-order valence-electron chi connectivity index (χ0n) is 15.9. The fourth-order valence-corrected chi connectivity index (χ4v) is 4.43. The summed E-state index contributed by atoms with van der Waals surface area (Å²) < 4.78 is 13.1. The van der Waals surface area contributed by atoms with Crippen molar-refractivity contribution < 1.29 is 14.3 Å². The number of nitrogen functional groups attached to an aromatic ring is 1. The number of carbonyl (C=O) groups excluding carboxylic acids is 1. The normalized spacial score (nSPS) is 20.6. The van der Waals surface area contributed by atoms with Gasteiger partial charge in [0.05, 0.1) is 11.4 Å². The number of benzene rings is 1. The molecule has 0 radical (unpaired) electrons. The topological polar surface area (TPSA) is 95.5 Å². The van der Waals surface area contributed by atoms with Crippen molar-refractivity contribution in [2.45, 2.75) is 25.3 Å². The molecule has 1 amide bonds. The van der Waals surface area contributed by atoms with Gasteiger partial charge in [0, 0.05) is 30.8 Å². The minimum Gasteiger partial charge on any atom is -0.454 e. The number of ether oxygens (including phenoxy) is 2. The molecule has 0 spiro atoms. The average Bonchev–Trinajstić information content (AvgIpc) is 3.14. The number of likely N-dealkylation sites (tertiary alicyclic amines) is 1. The van der Waals surface area contributed by atoms with Crippen molar-refractivity contribution in [2.24, 2.45) is 5.92 Å². The molecule has 1 saturated carbocycles. The third-order valence-electron chi connectivity index (χ3n) is 6.12. The van der Waals surface area contributed by atoms with Crippen molar-refractivity contribution in [2.75, 3.05) is 25.6 Å². The van der Waals surface area contributed by atoms with Crippen LogP contribution >= 0.6 is 0 Å². The Morgan fingerprint density at radius 3 is 2.86 bits per heavy atom. The lowest BCUT2D eigenvalue weighted by Crippen LogP contribution is -2.30. The van der Waals surface area contributed by atoms with Crippen molar-refractivity contribution in [3.8, 4) is 22.6 Å². The molecule has 2 aliphatic heterocycles. The van der Waals surface area contributed by atoms with Crippen LogP contribution in [0.3, 0.4) is 0 Å². The van der Waals surface area contributed by atoms with E-state index < -0.39 is 0 Å². The smallest absolute Gasteiger partial charge is 0.231 e. The summed E-state index contributed by atoms with van der Waals surface area (Å²) in [6, 6.07) is 6.05. The van der Waals surface area contributed by atoms with E-state index in [1.165, 1.54) is 6.33 Å². The van der Waals surface area contributed by atoms with Gasteiger partial charge in [0.2, 0.25) is 12.7 Å². The van der Waals surface area contributed by atoms with E-state index in [-0.39, 0.29) is 18.8 Å². The molecule has 6 rings (SSSR count). The van der Waals surface area contributed by atoms with Gasteiger partial charge in [-0.05, 0) is 37.0 Å². The van der Waals surface area contributed by atoms with Crippen LogP contribution in [0.15, 0.2) is 30.7 Å². The minimum atomic E-state index is 0.178. The highest BCUT2D eigenvalue weighted by molar-refractivity contribution is 6.01. The van der Waals surface area contributed by atoms with Gasteiger partial charge < -0.3 is 24.7 Å². The van der Waals surface area contributed by atoms with Gasteiger partial charge in [-0.2, -0.15) is 0 Å². The van der Waals surface area contributed by atoms with Gasteiger partial charge in [0.1, 0.15) is 17.8 Å². The Morgan fingerprint density at radius 1 is 1.14 bits per heavy atom. The molecule has 0 unspecified atom stereocenters. The molecule has 3 aliphatic rings. The third kappa shape index (κ3) is 2.62. The minimum absolute atomic E-state index is 0.178. The molecule has 0 bridgehead atoms. The molecule has 2 N–H and O–H groups in total. The molecular weight excluding hydrogens is 370 g/mol. The van der Waals surface area contributed by atoms with E-state index in [2.05, 4.69) is 20.7 Å². The Kier molecular flexibility index (Phi) is 3.50. The quantitative estimate of drug-likeness (QED) is 0.737. The van der Waals surface area contributed by atoms with E-state index in [1.807, 2.05) is 23.1 Å². The molecule has 29 heavy (non-hydrogen) atoms. The van der Waals surface area contributed by atoms with Crippen LogP contribution in [-0.2, 0) is 4.79 Å². The van der Waals surface area contributed by atoms with Crippen molar-refractivity contribution in [3.63, 3.8) is 0 Å². The lowest BCUT2D eigenvalue weighted by molar-refractivity contribution is -0.131. The van der Waals surface area contributed by atoms with E-state index in [9.17, 15) is 4.79 Å². The van der Waals surface area contributed by atoms with Crippen LogP contribution in [0.2, 0.25) is 0 Å². The summed E-state index contributed by atoms with van der Waals surface area (Å²) in [7, 11) is 0. The van der Waals surface area contributed by atoms with E-state index in [4.69, 9.17) is 15.2 Å². The molecule has 4 heterocycles. The van der Waals surface area contributed by atoms with Crippen molar-refractivity contribution in [1.29, 1.82) is 0 Å². The van der Waals surface area contributed by atoms with Crippen LogP contribution in [0.1, 0.15) is 25.3 Å². The molecule has 1 atom stereocenters. The molecule has 8 heteroatoms. The second-order valence-corrected chi connectivity index (χ2v) is 7.98. The molecule has 2 aromatic heterocycles. The first-order valence-electron chi connectivity index (χ1n) is 9.99. The zero-order chi connectivity index (χ0) is 19.5. The average molecular weight is 391 g/mol. The number of aromatic nitrogens is 3. The highest BCUT2D eigenvalue weighted by atomic mass is 16.7. The van der Waals surface area contributed by atoms with Gasteiger partial charge in [-0.25, -0.2) is 9.97 Å². The fraction of sp³-hybridized carbons (Fsp3) is 0.381. The van der Waals surface area contributed by atoms with Gasteiger partial charge in [0.15, 0.2) is 11.5 Å². The molecule has 8 nitrogen and oxygen atoms in total. The number of nitrogens with zero attached hydrogens (tertiary/aromatic N) is 4. The predicted molar refractivity (Wildman–Crippen MR) is 106 cm³/mol. The first-order valence-corrected chi connectivity index (χ1v) is 9.99. The van der Waals surface area contributed by atoms with Crippen molar-refractivity contribution in [1.82, 2.24) is 19.4 Å². The lowest BCUT2D eigenvalue weighted by Gasteiger charge is -2.17. The third-order valence-corrected chi connectivity index (χ3v) is 6.12. The summed E-state index contributed by atoms with van der Waals surface area (Å²) >= 11 is 0. The Hall–Kier alpha value is -3.29. The highest BCUT2D eigenvalue weighted by Crippen LogP contribution is 2.41. The van der Waals surface area contributed by atoms with Crippen LogP contribution in [-0.4, -0.2) is 45.2 Å². The predicted octanol–water partition coefficient (Wildman–Crippen LogP) is 2.59. The number of nitrogens with two attached hydrogens (primary N) is 1. The van der Waals surface area contributed by atoms with E-state index >= 15 is 0 Å². The molecular formula is C21H21N5O3. The van der Waals surface area contributed by atoms with Gasteiger partial charge >= 0.3 is 0 Å². The fourth-order valence-electron chi connectivity index (χ4n) is 4.43. The van der Waals surface area contributed by atoms with Gasteiger partial charge in [0.25, 0.3) is 0 Å². The molecule has 1 saturated heterocycles. The first-order chi connectivity index (χ1) is 14.2. The summed E-state index contributed by atoms with van der Waals surface area (Å²) in [6.45, 7) is 1.74. The second kappa shape index (κ2) is 6.10. The molecule has 1 aromatic carbocycles. The maximum absolute atomic E-state index is 12.5. The number of rotatable bonds is 3. The van der Waals surface area contributed by atoms with Crippen LogP contribution in [0.25, 0.3) is 22.2 Å². The monoisotopic (exact) mass is 391 g/mol. The molecule has 3 aromatic rings. The number of amides is 1. The van der Waals surface area contributed by atoms with Crippen LogP contribution < -0.4 is 15.2 Å². The first kappa shape index (κ1) is 16.6. The summed E-state index contributed by atoms with van der Waals surface area (Å²) in [6.07, 6.45) is 6.56. The number of carbonyl (C=O) groups is 1. The Labute approximate surface area is 167 Å². The van der Waals surface area contributed by atoms with Crippen molar-refractivity contribution in [3.05, 3.63) is 30.7 Å². The van der Waals surface area contributed by atoms with Crippen LogP contribution in [0.4, 0.5) is 5.82 Å². The van der Waals surface area contributed by atoms with E-state index in [0.717, 1.165) is 59.5 Å². The standard InChI is InChI=1S/C21H21N5O3/c22-19-18-15(13-3-4-16-17(7-13)29-11-28-16)9-26(20(18)24-10-23-19)14-5-6-25(8-14)21(27)12-1-2-12/h3-4,7,9-10,12,14H,1-2,5-6,8,11H2,(H2,22,23,24)/t14-/m0/s1. The number of fused-ring (bicyclic) bond motifs is 2. The second-order valence-electron chi connectivity index (χ2n) is 7.98.